The standard InChI is InChI=1S/C21H23N3O3/c22-13-21(10-4-5-11-21)23-18(25)14-8-9-16-17(12-14)20(27)24(19(16)26)15-6-2-1-3-7-15/h8-9,12,15H,1-7,10-11H2,(H,23,25). The van der Waals surface area contributed by atoms with Crippen LogP contribution in [0.5, 0.6) is 0 Å². The molecule has 1 aromatic carbocycles. The Labute approximate surface area is 158 Å². The summed E-state index contributed by atoms with van der Waals surface area (Å²) in [4.78, 5) is 39.6. The van der Waals surface area contributed by atoms with Gasteiger partial charge in [0.2, 0.25) is 0 Å². The van der Waals surface area contributed by atoms with Crippen LogP contribution in [-0.2, 0) is 0 Å². The summed E-state index contributed by atoms with van der Waals surface area (Å²) in [5, 5.41) is 12.3. The number of rotatable bonds is 3. The topological polar surface area (TPSA) is 90.3 Å². The summed E-state index contributed by atoms with van der Waals surface area (Å²) in [5.41, 5.74) is 0.180. The zero-order chi connectivity index (χ0) is 19.0. The predicted octanol–water partition coefficient (Wildman–Crippen LogP) is 3.18. The van der Waals surface area contributed by atoms with Gasteiger partial charge in [0.25, 0.3) is 17.7 Å². The minimum atomic E-state index is -0.815. The van der Waals surface area contributed by atoms with E-state index >= 15 is 0 Å². The van der Waals surface area contributed by atoms with Gasteiger partial charge in [0, 0.05) is 11.6 Å². The normalized spacial score (nSPS) is 21.8. The van der Waals surface area contributed by atoms with E-state index in [0.29, 0.717) is 29.5 Å². The molecule has 6 heteroatoms. The largest absolute Gasteiger partial charge is 0.334 e. The summed E-state index contributed by atoms with van der Waals surface area (Å²) < 4.78 is 0. The third-order valence-corrected chi connectivity index (χ3v) is 6.14. The zero-order valence-corrected chi connectivity index (χ0v) is 15.3. The first-order chi connectivity index (χ1) is 13.0. The molecule has 1 N–H and O–H groups in total. The van der Waals surface area contributed by atoms with E-state index in [4.69, 9.17) is 0 Å². The fraction of sp³-hybridized carbons (Fsp3) is 0.524. The quantitative estimate of drug-likeness (QED) is 0.833. The Balaban J connectivity index is 1.57. The zero-order valence-electron chi connectivity index (χ0n) is 15.3. The highest BCUT2D eigenvalue weighted by Crippen LogP contribution is 2.32. The van der Waals surface area contributed by atoms with Crippen LogP contribution in [0.3, 0.4) is 0 Å². The van der Waals surface area contributed by atoms with Crippen LogP contribution in [0.1, 0.15) is 88.9 Å². The lowest BCUT2D eigenvalue weighted by Gasteiger charge is -2.29. The second-order valence-electron chi connectivity index (χ2n) is 7.89. The summed E-state index contributed by atoms with van der Waals surface area (Å²) in [6.45, 7) is 0. The molecule has 0 atom stereocenters. The molecule has 0 saturated heterocycles. The van der Waals surface area contributed by atoms with Gasteiger partial charge in [-0.15, -0.1) is 0 Å². The highest BCUT2D eigenvalue weighted by atomic mass is 16.2. The van der Waals surface area contributed by atoms with Crippen LogP contribution in [0.4, 0.5) is 0 Å². The SMILES string of the molecule is N#CC1(NC(=O)c2ccc3c(c2)C(=O)N(C2CCCCC2)C3=O)CCCC1. The molecule has 2 fully saturated rings. The van der Waals surface area contributed by atoms with Crippen molar-refractivity contribution in [1.29, 1.82) is 5.26 Å². The van der Waals surface area contributed by atoms with Crippen molar-refractivity contribution in [2.24, 2.45) is 0 Å². The molecule has 1 heterocycles. The minimum absolute atomic E-state index is 0.0382. The number of hydrogen-bond donors (Lipinski definition) is 1. The smallest absolute Gasteiger partial charge is 0.261 e. The summed E-state index contributed by atoms with van der Waals surface area (Å²) >= 11 is 0. The van der Waals surface area contributed by atoms with Crippen LogP contribution < -0.4 is 5.32 Å². The van der Waals surface area contributed by atoms with Gasteiger partial charge in [-0.3, -0.25) is 19.3 Å². The molecule has 4 rings (SSSR count). The van der Waals surface area contributed by atoms with Crippen LogP contribution in [0, 0.1) is 11.3 Å². The summed E-state index contributed by atoms with van der Waals surface area (Å²) in [5.74, 6) is -0.914. The molecular formula is C21H23N3O3. The maximum absolute atomic E-state index is 12.9. The molecule has 0 bridgehead atoms. The maximum atomic E-state index is 12.9. The molecule has 0 radical (unpaired) electrons. The van der Waals surface area contributed by atoms with E-state index in [1.54, 1.807) is 12.1 Å². The van der Waals surface area contributed by atoms with Crippen LogP contribution >= 0.6 is 0 Å². The van der Waals surface area contributed by atoms with Gasteiger partial charge in [-0.25, -0.2) is 0 Å². The first-order valence-corrected chi connectivity index (χ1v) is 9.80. The van der Waals surface area contributed by atoms with Crippen molar-refractivity contribution >= 4 is 17.7 Å². The number of amides is 3. The monoisotopic (exact) mass is 365 g/mol. The van der Waals surface area contributed by atoms with Gasteiger partial charge in [0.05, 0.1) is 17.2 Å². The van der Waals surface area contributed by atoms with Gasteiger partial charge in [-0.2, -0.15) is 5.26 Å². The molecule has 27 heavy (non-hydrogen) atoms. The Morgan fingerprint density at radius 1 is 1.04 bits per heavy atom. The lowest BCUT2D eigenvalue weighted by molar-refractivity contribution is 0.0548. The molecule has 140 valence electrons. The summed E-state index contributed by atoms with van der Waals surface area (Å²) in [6.07, 6.45) is 8.03. The van der Waals surface area contributed by atoms with Gasteiger partial charge in [0.1, 0.15) is 5.54 Å². The first kappa shape index (κ1) is 17.7. The molecule has 0 aromatic heterocycles. The average Bonchev–Trinajstić information content (AvgIpc) is 3.26. The van der Waals surface area contributed by atoms with E-state index in [2.05, 4.69) is 11.4 Å². The molecule has 2 saturated carbocycles. The van der Waals surface area contributed by atoms with Gasteiger partial charge in [-0.1, -0.05) is 19.3 Å². The van der Waals surface area contributed by atoms with E-state index in [1.165, 1.54) is 11.0 Å². The number of carbonyl (C=O) groups excluding carboxylic acids is 3. The molecule has 2 aliphatic carbocycles. The lowest BCUT2D eigenvalue weighted by atomic mass is 9.94. The van der Waals surface area contributed by atoms with Crippen LogP contribution in [0.2, 0.25) is 0 Å². The Kier molecular flexibility index (Phi) is 4.47. The van der Waals surface area contributed by atoms with Crippen LogP contribution in [-0.4, -0.2) is 34.2 Å². The van der Waals surface area contributed by atoms with E-state index in [-0.39, 0.29) is 23.8 Å². The van der Waals surface area contributed by atoms with Crippen LogP contribution in [0.25, 0.3) is 0 Å². The molecule has 0 spiro atoms. The maximum Gasteiger partial charge on any atom is 0.261 e. The Morgan fingerprint density at radius 3 is 2.37 bits per heavy atom. The average molecular weight is 365 g/mol. The van der Waals surface area contributed by atoms with Crippen molar-refractivity contribution < 1.29 is 14.4 Å². The Morgan fingerprint density at radius 2 is 1.70 bits per heavy atom. The number of hydrogen-bond acceptors (Lipinski definition) is 4. The van der Waals surface area contributed by atoms with E-state index in [1.807, 2.05) is 0 Å². The summed E-state index contributed by atoms with van der Waals surface area (Å²) in [6, 6.07) is 6.85. The van der Waals surface area contributed by atoms with Crippen LogP contribution in [0.15, 0.2) is 18.2 Å². The summed E-state index contributed by atoms with van der Waals surface area (Å²) in [7, 11) is 0. The number of carbonyl (C=O) groups is 3. The molecule has 3 amide bonds. The number of nitriles is 1. The van der Waals surface area contributed by atoms with Crippen molar-refractivity contribution in [1.82, 2.24) is 10.2 Å². The lowest BCUT2D eigenvalue weighted by Crippen LogP contribution is -2.45. The molecule has 0 unspecified atom stereocenters. The second-order valence-corrected chi connectivity index (χ2v) is 7.89. The van der Waals surface area contributed by atoms with Crippen molar-refractivity contribution in [2.45, 2.75) is 69.4 Å². The fourth-order valence-electron chi connectivity index (χ4n) is 4.60. The Hall–Kier alpha value is -2.68. The van der Waals surface area contributed by atoms with E-state index in [9.17, 15) is 19.6 Å². The van der Waals surface area contributed by atoms with Crippen molar-refractivity contribution in [3.05, 3.63) is 34.9 Å². The number of nitrogens with one attached hydrogen (secondary N) is 1. The van der Waals surface area contributed by atoms with Crippen molar-refractivity contribution in [3.63, 3.8) is 0 Å². The highest BCUT2D eigenvalue weighted by Gasteiger charge is 2.41. The van der Waals surface area contributed by atoms with Crippen molar-refractivity contribution in [3.8, 4) is 6.07 Å². The number of imide groups is 1. The molecule has 1 aliphatic heterocycles. The molecule has 6 nitrogen and oxygen atoms in total. The second kappa shape index (κ2) is 6.80. The first-order valence-electron chi connectivity index (χ1n) is 9.80. The number of benzene rings is 1. The Bertz CT molecular complexity index is 843. The minimum Gasteiger partial charge on any atom is -0.334 e. The van der Waals surface area contributed by atoms with E-state index in [0.717, 1.165) is 44.9 Å². The van der Waals surface area contributed by atoms with E-state index < -0.39 is 5.54 Å². The van der Waals surface area contributed by atoms with Crippen molar-refractivity contribution in [2.75, 3.05) is 0 Å². The third-order valence-electron chi connectivity index (χ3n) is 6.14. The predicted molar refractivity (Wildman–Crippen MR) is 98.1 cm³/mol. The van der Waals surface area contributed by atoms with Gasteiger partial charge >= 0.3 is 0 Å². The van der Waals surface area contributed by atoms with Gasteiger partial charge in [-0.05, 0) is 56.7 Å². The third kappa shape index (κ3) is 3.01. The highest BCUT2D eigenvalue weighted by molar-refractivity contribution is 6.22. The van der Waals surface area contributed by atoms with Gasteiger partial charge < -0.3 is 5.32 Å². The number of fused-ring (bicyclic) bond motifs is 1. The molecule has 1 aromatic rings. The fourth-order valence-corrected chi connectivity index (χ4v) is 4.60. The molecule has 3 aliphatic rings. The van der Waals surface area contributed by atoms with Gasteiger partial charge in [0.15, 0.2) is 0 Å². The molecular weight excluding hydrogens is 342 g/mol. The number of nitrogens with zero attached hydrogens (tertiary/aromatic N) is 2.